The van der Waals surface area contributed by atoms with Gasteiger partial charge in [-0.2, -0.15) is 0 Å². The molecule has 4 heterocycles. The second-order valence-corrected chi connectivity index (χ2v) is 11.7. The number of pyridine rings is 1. The van der Waals surface area contributed by atoms with Crippen molar-refractivity contribution in [2.75, 3.05) is 9.80 Å². The number of aromatic nitrogens is 2. The van der Waals surface area contributed by atoms with Crippen molar-refractivity contribution in [3.8, 4) is 0 Å². The molecule has 2 aliphatic rings. The van der Waals surface area contributed by atoms with Gasteiger partial charge in [-0.1, -0.05) is 86.3 Å². The molecule has 1 atom stereocenters. The van der Waals surface area contributed by atoms with Gasteiger partial charge in [-0.15, -0.1) is 0 Å². The second-order valence-electron chi connectivity index (χ2n) is 11.7. The minimum absolute atomic E-state index is 0.423. The molecule has 0 aliphatic carbocycles. The van der Waals surface area contributed by atoms with Gasteiger partial charge in [0.25, 0.3) is 0 Å². The Morgan fingerprint density at radius 1 is 0.783 bits per heavy atom. The van der Waals surface area contributed by atoms with E-state index in [-0.39, 0.29) is 0 Å². The lowest BCUT2D eigenvalue weighted by Crippen LogP contribution is -2.17. The quantitative estimate of drug-likeness (QED) is 0.203. The number of anilines is 5. The molecule has 0 saturated heterocycles. The zero-order valence-corrected chi connectivity index (χ0v) is 25.7. The Hall–Kier alpha value is -5.94. The number of para-hydroxylation sites is 2. The zero-order valence-electron chi connectivity index (χ0n) is 25.7. The molecule has 2 aliphatic heterocycles. The summed E-state index contributed by atoms with van der Waals surface area (Å²) in [5.41, 5.74) is 8.44. The molecule has 0 radical (unpaired) electrons. The zero-order chi connectivity index (χ0) is 31.0. The van der Waals surface area contributed by atoms with Crippen molar-refractivity contribution >= 4 is 61.8 Å². The van der Waals surface area contributed by atoms with Crippen LogP contribution in [0.2, 0.25) is 0 Å². The summed E-state index contributed by atoms with van der Waals surface area (Å²) in [6.45, 7) is 6.83. The summed E-state index contributed by atoms with van der Waals surface area (Å²) in [5, 5.41) is 2.37. The molecule has 1 unspecified atom stereocenters. The highest BCUT2D eigenvalue weighted by Crippen LogP contribution is 2.48. The second kappa shape index (κ2) is 11.5. The fourth-order valence-corrected chi connectivity index (χ4v) is 6.70. The molecule has 0 amide bonds. The maximum atomic E-state index is 4.89. The molecular weight excluding hydrogens is 562 g/mol. The van der Waals surface area contributed by atoms with Crippen molar-refractivity contribution < 1.29 is 0 Å². The highest BCUT2D eigenvalue weighted by atomic mass is 15.2. The van der Waals surface area contributed by atoms with Crippen LogP contribution in [-0.2, 0) is 0 Å². The monoisotopic (exact) mass is 595 g/mol. The average Bonchev–Trinajstić information content (AvgIpc) is 3.43. The van der Waals surface area contributed by atoms with E-state index in [0.717, 1.165) is 63.0 Å². The fraction of sp³-hybridized carbons (Fsp3) is 0.0732. The Morgan fingerprint density at radius 2 is 1.57 bits per heavy atom. The van der Waals surface area contributed by atoms with E-state index in [1.807, 2.05) is 42.7 Å². The number of allylic oxidation sites excluding steroid dienone is 5. The maximum absolute atomic E-state index is 4.89. The number of hydrogen-bond donors (Lipinski definition) is 0. The number of aliphatic imine (C=N–C) groups is 1. The van der Waals surface area contributed by atoms with Crippen LogP contribution >= 0.6 is 0 Å². The van der Waals surface area contributed by atoms with E-state index in [2.05, 4.69) is 137 Å². The molecule has 46 heavy (non-hydrogen) atoms. The number of hydrogen-bond acceptors (Lipinski definition) is 4. The molecule has 6 aromatic rings. The number of nitrogens with zero attached hydrogens (tertiary/aromatic N) is 5. The first-order valence-corrected chi connectivity index (χ1v) is 15.7. The van der Waals surface area contributed by atoms with Crippen LogP contribution in [0.1, 0.15) is 18.9 Å². The third-order valence-corrected chi connectivity index (χ3v) is 8.71. The van der Waals surface area contributed by atoms with E-state index in [0.29, 0.717) is 5.92 Å². The first kappa shape index (κ1) is 27.6. The van der Waals surface area contributed by atoms with Crippen LogP contribution in [0.4, 0.5) is 28.6 Å². The van der Waals surface area contributed by atoms with Gasteiger partial charge in [0, 0.05) is 47.0 Å². The third-order valence-electron chi connectivity index (χ3n) is 8.71. The molecule has 5 heteroatoms. The topological polar surface area (TPSA) is 36.7 Å². The standard InChI is InChI=1S/C41H33N5/c1-29-24-26-43-39(28-29)46-33-18-7-6-17-32(33)41-36(21-13-22-37(41)46)45(31-15-4-3-5-16-31)35-20-12-19-34-40(35)30(2)14-9-11-27-44(34)38-23-8-10-25-42-38/h3-27,29H,2,28H2,1H3/b14-9-,27-11-. The average molecular weight is 596 g/mol. The van der Waals surface area contributed by atoms with Crippen molar-refractivity contribution in [1.82, 2.24) is 9.55 Å². The lowest BCUT2D eigenvalue weighted by molar-refractivity contribution is 0.742. The van der Waals surface area contributed by atoms with Gasteiger partial charge < -0.3 is 9.80 Å². The smallest absolute Gasteiger partial charge is 0.137 e. The van der Waals surface area contributed by atoms with Crippen LogP contribution in [0.3, 0.4) is 0 Å². The molecule has 0 bridgehead atoms. The van der Waals surface area contributed by atoms with Gasteiger partial charge >= 0.3 is 0 Å². The van der Waals surface area contributed by atoms with E-state index in [1.165, 1.54) is 10.8 Å². The summed E-state index contributed by atoms with van der Waals surface area (Å²) in [6, 6.07) is 38.4. The van der Waals surface area contributed by atoms with Gasteiger partial charge in [0.2, 0.25) is 0 Å². The van der Waals surface area contributed by atoms with Crippen molar-refractivity contribution in [3.05, 3.63) is 164 Å². The van der Waals surface area contributed by atoms with Crippen molar-refractivity contribution in [2.45, 2.75) is 13.3 Å². The molecule has 5 nitrogen and oxygen atoms in total. The summed E-state index contributed by atoms with van der Waals surface area (Å²) in [5.74, 6) is 2.32. The van der Waals surface area contributed by atoms with E-state index in [9.17, 15) is 0 Å². The molecular formula is C41H33N5. The largest absolute Gasteiger partial charge is 0.309 e. The summed E-state index contributed by atoms with van der Waals surface area (Å²) in [6.07, 6.45) is 15.1. The van der Waals surface area contributed by atoms with Gasteiger partial charge in [-0.05, 0) is 72.2 Å². The van der Waals surface area contributed by atoms with Gasteiger partial charge in [0.1, 0.15) is 11.7 Å². The lowest BCUT2D eigenvalue weighted by atomic mass is 9.98. The highest BCUT2D eigenvalue weighted by Gasteiger charge is 2.26. The Kier molecular flexibility index (Phi) is 6.92. The first-order chi connectivity index (χ1) is 22.7. The SMILES string of the molecule is C=C1/C=C\C=C/N(c2ccccn2)c2cccc(N(c3ccccc3)c3cccc4c3c3ccccc3n4C3=NC=CC(C)C3)c21. The normalized spacial score (nSPS) is 17.3. The van der Waals surface area contributed by atoms with Gasteiger partial charge in [0.05, 0.1) is 28.1 Å². The molecule has 222 valence electrons. The maximum Gasteiger partial charge on any atom is 0.137 e. The Balaban J connectivity index is 1.43. The van der Waals surface area contributed by atoms with E-state index >= 15 is 0 Å². The number of fused-ring (bicyclic) bond motifs is 4. The van der Waals surface area contributed by atoms with Crippen LogP contribution in [-0.4, -0.2) is 15.4 Å². The highest BCUT2D eigenvalue weighted by molar-refractivity contribution is 6.20. The molecule has 0 saturated carbocycles. The van der Waals surface area contributed by atoms with Crippen LogP contribution in [0.5, 0.6) is 0 Å². The summed E-state index contributed by atoms with van der Waals surface area (Å²) in [4.78, 5) is 14.1. The Morgan fingerprint density at radius 3 is 2.41 bits per heavy atom. The van der Waals surface area contributed by atoms with Gasteiger partial charge in [-0.25, -0.2) is 9.98 Å². The summed E-state index contributed by atoms with van der Waals surface area (Å²) < 4.78 is 2.35. The van der Waals surface area contributed by atoms with Crippen molar-refractivity contribution in [3.63, 3.8) is 0 Å². The molecule has 2 aromatic heterocycles. The van der Waals surface area contributed by atoms with E-state index in [4.69, 9.17) is 9.98 Å². The number of benzene rings is 4. The van der Waals surface area contributed by atoms with Gasteiger partial charge in [0.15, 0.2) is 0 Å². The predicted molar refractivity (Wildman–Crippen MR) is 194 cm³/mol. The van der Waals surface area contributed by atoms with Crippen LogP contribution < -0.4 is 9.80 Å². The Bertz CT molecular complexity index is 2220. The Labute approximate surface area is 269 Å². The van der Waals surface area contributed by atoms with Gasteiger partial charge in [-0.3, -0.25) is 4.57 Å². The van der Waals surface area contributed by atoms with E-state index < -0.39 is 0 Å². The minimum atomic E-state index is 0.423. The van der Waals surface area contributed by atoms with Crippen molar-refractivity contribution in [1.29, 1.82) is 0 Å². The number of rotatable bonds is 4. The molecule has 8 rings (SSSR count). The van der Waals surface area contributed by atoms with Crippen LogP contribution in [0.15, 0.2) is 164 Å². The molecule has 0 N–H and O–H groups in total. The molecule has 0 fully saturated rings. The van der Waals surface area contributed by atoms with E-state index in [1.54, 1.807) is 0 Å². The van der Waals surface area contributed by atoms with Crippen LogP contribution in [0.25, 0.3) is 27.4 Å². The minimum Gasteiger partial charge on any atom is -0.309 e. The molecule has 0 spiro atoms. The first-order valence-electron chi connectivity index (χ1n) is 15.7. The van der Waals surface area contributed by atoms with Crippen LogP contribution in [0, 0.1) is 5.92 Å². The summed E-state index contributed by atoms with van der Waals surface area (Å²) in [7, 11) is 0. The molecule has 4 aromatic carbocycles. The summed E-state index contributed by atoms with van der Waals surface area (Å²) >= 11 is 0. The fourth-order valence-electron chi connectivity index (χ4n) is 6.70. The van der Waals surface area contributed by atoms with Crippen molar-refractivity contribution in [2.24, 2.45) is 10.9 Å². The third kappa shape index (κ3) is 4.65. The lowest BCUT2D eigenvalue weighted by Gasteiger charge is -2.32. The predicted octanol–water partition coefficient (Wildman–Crippen LogP) is 10.7.